The third kappa shape index (κ3) is 2.64. The van der Waals surface area contributed by atoms with Crippen LogP contribution in [-0.2, 0) is 12.7 Å². The first-order chi connectivity index (χ1) is 9.43. The Balaban J connectivity index is 1.72. The second-order valence-electron chi connectivity index (χ2n) is 5.99. The highest BCUT2D eigenvalue weighted by Crippen LogP contribution is 2.39. The average Bonchev–Trinajstić information content (AvgIpc) is 2.90. The molecule has 1 aliphatic heterocycles. The average molecular weight is 285 g/mol. The van der Waals surface area contributed by atoms with Crippen molar-refractivity contribution in [2.45, 2.75) is 32.0 Å². The minimum absolute atomic E-state index is 0.538. The zero-order valence-corrected chi connectivity index (χ0v) is 11.2. The van der Waals surface area contributed by atoms with E-state index in [1.54, 1.807) is 6.07 Å². The second kappa shape index (κ2) is 4.95. The molecule has 0 spiro atoms. The topological polar surface area (TPSA) is 23.5 Å². The monoisotopic (exact) mass is 285 g/mol. The third-order valence-corrected chi connectivity index (χ3v) is 4.57. The normalized spacial score (nSPS) is 26.9. The summed E-state index contributed by atoms with van der Waals surface area (Å²) in [5.74, 6) is 0.767. The number of halogens is 3. The summed E-state index contributed by atoms with van der Waals surface area (Å²) in [6.45, 7) is 2.52. The molecular weight excluding hydrogens is 267 g/mol. The Bertz CT molecular complexity index is 488. The van der Waals surface area contributed by atoms with Crippen molar-refractivity contribution >= 4 is 0 Å². The maximum absolute atomic E-state index is 12.8. The molecule has 0 aromatic heterocycles. The highest BCUT2D eigenvalue weighted by Gasteiger charge is 2.37. The molecule has 0 amide bonds. The molecule has 5 heteroatoms. The van der Waals surface area contributed by atoms with E-state index in [-0.39, 0.29) is 0 Å². The number of aromatic hydroxyl groups is 1. The first kappa shape index (κ1) is 13.7. The van der Waals surface area contributed by atoms with Crippen LogP contribution >= 0.6 is 0 Å². The van der Waals surface area contributed by atoms with E-state index in [2.05, 4.69) is 4.90 Å². The highest BCUT2D eigenvalue weighted by molar-refractivity contribution is 5.38. The van der Waals surface area contributed by atoms with E-state index in [9.17, 15) is 18.3 Å². The number of rotatable bonds is 2. The molecule has 0 bridgehead atoms. The lowest BCUT2D eigenvalue weighted by Crippen LogP contribution is -2.21. The van der Waals surface area contributed by atoms with Gasteiger partial charge in [0.1, 0.15) is 5.75 Å². The second-order valence-corrected chi connectivity index (χ2v) is 5.99. The van der Waals surface area contributed by atoms with Crippen molar-refractivity contribution in [2.24, 2.45) is 11.8 Å². The maximum atomic E-state index is 12.8. The summed E-state index contributed by atoms with van der Waals surface area (Å²) in [6.07, 6.45) is -0.697. The van der Waals surface area contributed by atoms with E-state index < -0.39 is 17.5 Å². The predicted molar refractivity (Wildman–Crippen MR) is 69.2 cm³/mol. The number of alkyl halides is 3. The minimum Gasteiger partial charge on any atom is -0.507 e. The van der Waals surface area contributed by atoms with Crippen molar-refractivity contribution in [3.63, 3.8) is 0 Å². The van der Waals surface area contributed by atoms with Gasteiger partial charge in [-0.25, -0.2) is 0 Å². The zero-order valence-electron chi connectivity index (χ0n) is 11.2. The van der Waals surface area contributed by atoms with Crippen LogP contribution < -0.4 is 0 Å². The van der Waals surface area contributed by atoms with Gasteiger partial charge in [-0.1, -0.05) is 12.5 Å². The molecule has 2 fully saturated rings. The van der Waals surface area contributed by atoms with Crippen LogP contribution in [0.25, 0.3) is 0 Å². The van der Waals surface area contributed by atoms with Gasteiger partial charge in [0.05, 0.1) is 5.56 Å². The number of fused-ring (bicyclic) bond motifs is 1. The molecule has 1 saturated carbocycles. The molecule has 3 rings (SSSR count). The number of phenolic OH excluding ortho intramolecular Hbond substituents is 1. The molecule has 1 aromatic carbocycles. The quantitative estimate of drug-likeness (QED) is 0.896. The fourth-order valence-corrected chi connectivity index (χ4v) is 3.63. The highest BCUT2D eigenvalue weighted by atomic mass is 19.4. The Labute approximate surface area is 116 Å². The molecule has 1 aliphatic carbocycles. The first-order valence-electron chi connectivity index (χ1n) is 7.05. The standard InChI is InChI=1S/C15H18F3NO/c16-15(17,18)13-6-10(4-5-14(13)20)7-19-8-11-2-1-3-12(11)9-19/h4-6,11-12,20H,1-3,7-9H2. The lowest BCUT2D eigenvalue weighted by Gasteiger charge is -2.18. The molecule has 20 heavy (non-hydrogen) atoms. The maximum Gasteiger partial charge on any atom is 0.419 e. The van der Waals surface area contributed by atoms with Gasteiger partial charge >= 0.3 is 6.18 Å². The van der Waals surface area contributed by atoms with Gasteiger partial charge in [-0.15, -0.1) is 0 Å². The Hall–Kier alpha value is -1.23. The molecule has 1 saturated heterocycles. The summed E-state index contributed by atoms with van der Waals surface area (Å²) < 4.78 is 38.3. The van der Waals surface area contributed by atoms with E-state index in [4.69, 9.17) is 0 Å². The van der Waals surface area contributed by atoms with E-state index in [0.29, 0.717) is 12.1 Å². The summed E-state index contributed by atoms with van der Waals surface area (Å²) in [4.78, 5) is 2.24. The van der Waals surface area contributed by atoms with Crippen LogP contribution in [0, 0.1) is 11.8 Å². The van der Waals surface area contributed by atoms with E-state index in [1.807, 2.05) is 0 Å². The molecule has 110 valence electrons. The molecule has 2 atom stereocenters. The van der Waals surface area contributed by atoms with E-state index in [0.717, 1.165) is 37.1 Å². The van der Waals surface area contributed by atoms with Crippen LogP contribution in [0.5, 0.6) is 5.75 Å². The molecule has 1 aromatic rings. The van der Waals surface area contributed by atoms with Crippen molar-refractivity contribution in [3.8, 4) is 5.75 Å². The molecular formula is C15H18F3NO. The fraction of sp³-hybridized carbons (Fsp3) is 0.600. The zero-order chi connectivity index (χ0) is 14.3. The number of hydrogen-bond acceptors (Lipinski definition) is 2. The molecule has 2 aliphatic rings. The van der Waals surface area contributed by atoms with E-state index >= 15 is 0 Å². The van der Waals surface area contributed by atoms with Gasteiger partial charge in [0.2, 0.25) is 0 Å². The number of likely N-dealkylation sites (tertiary alicyclic amines) is 1. The van der Waals surface area contributed by atoms with Gasteiger partial charge in [-0.3, -0.25) is 4.90 Å². The summed E-state index contributed by atoms with van der Waals surface area (Å²) in [5, 5.41) is 9.33. The van der Waals surface area contributed by atoms with Crippen LogP contribution in [0.4, 0.5) is 13.2 Å². The van der Waals surface area contributed by atoms with Crippen LogP contribution in [0.2, 0.25) is 0 Å². The van der Waals surface area contributed by atoms with Crippen LogP contribution in [0.3, 0.4) is 0 Å². The predicted octanol–water partition coefficient (Wildman–Crippen LogP) is 3.64. The first-order valence-corrected chi connectivity index (χ1v) is 7.05. The van der Waals surface area contributed by atoms with Gasteiger partial charge in [0.15, 0.2) is 0 Å². The van der Waals surface area contributed by atoms with Crippen molar-refractivity contribution in [1.29, 1.82) is 0 Å². The van der Waals surface area contributed by atoms with Crippen molar-refractivity contribution in [3.05, 3.63) is 29.3 Å². The number of nitrogens with zero attached hydrogens (tertiary/aromatic N) is 1. The lowest BCUT2D eigenvalue weighted by atomic mass is 10.0. The molecule has 2 nitrogen and oxygen atoms in total. The Morgan fingerprint density at radius 3 is 2.40 bits per heavy atom. The number of phenols is 1. The van der Waals surface area contributed by atoms with Crippen LogP contribution in [0.15, 0.2) is 18.2 Å². The number of hydrogen-bond donors (Lipinski definition) is 1. The summed E-state index contributed by atoms with van der Waals surface area (Å²) in [7, 11) is 0. The molecule has 2 unspecified atom stereocenters. The van der Waals surface area contributed by atoms with Crippen LogP contribution in [-0.4, -0.2) is 23.1 Å². The van der Waals surface area contributed by atoms with Crippen molar-refractivity contribution in [1.82, 2.24) is 4.90 Å². The Kier molecular flexibility index (Phi) is 3.40. The van der Waals surface area contributed by atoms with Gasteiger partial charge in [0.25, 0.3) is 0 Å². The Morgan fingerprint density at radius 1 is 1.15 bits per heavy atom. The Morgan fingerprint density at radius 2 is 1.80 bits per heavy atom. The van der Waals surface area contributed by atoms with E-state index in [1.165, 1.54) is 19.3 Å². The molecule has 0 radical (unpaired) electrons. The third-order valence-electron chi connectivity index (χ3n) is 4.57. The van der Waals surface area contributed by atoms with Crippen molar-refractivity contribution < 1.29 is 18.3 Å². The van der Waals surface area contributed by atoms with Gasteiger partial charge in [0, 0.05) is 19.6 Å². The summed E-state index contributed by atoms with van der Waals surface area (Å²) in [6, 6.07) is 3.80. The number of benzene rings is 1. The van der Waals surface area contributed by atoms with Gasteiger partial charge in [-0.2, -0.15) is 13.2 Å². The SMILES string of the molecule is Oc1ccc(CN2CC3CCCC3C2)cc1C(F)(F)F. The largest absolute Gasteiger partial charge is 0.507 e. The van der Waals surface area contributed by atoms with Gasteiger partial charge < -0.3 is 5.11 Å². The molecule has 1 heterocycles. The smallest absolute Gasteiger partial charge is 0.419 e. The molecule has 1 N–H and O–H groups in total. The minimum atomic E-state index is -4.50. The summed E-state index contributed by atoms with van der Waals surface area (Å²) in [5.41, 5.74) is -0.315. The lowest BCUT2D eigenvalue weighted by molar-refractivity contribution is -0.138. The van der Waals surface area contributed by atoms with Gasteiger partial charge in [-0.05, 0) is 42.4 Å². The summed E-state index contributed by atoms with van der Waals surface area (Å²) >= 11 is 0. The van der Waals surface area contributed by atoms with Crippen LogP contribution in [0.1, 0.15) is 30.4 Å². The van der Waals surface area contributed by atoms with Crippen molar-refractivity contribution in [2.75, 3.05) is 13.1 Å². The fourth-order valence-electron chi connectivity index (χ4n) is 3.63.